The zero-order chi connectivity index (χ0) is 14.9. The largest absolute Gasteiger partial charge is 0.465 e. The summed E-state index contributed by atoms with van der Waals surface area (Å²) in [4.78, 5) is 22.7. The number of carbonyl (C=O) groups is 2. The third-order valence-electron chi connectivity index (χ3n) is 2.97. The number of hydrogen-bond acceptors (Lipinski definition) is 4. The summed E-state index contributed by atoms with van der Waals surface area (Å²) in [6.45, 7) is 11.7. The van der Waals surface area contributed by atoms with Crippen LogP contribution in [-0.2, 0) is 19.1 Å². The zero-order valence-corrected chi connectivity index (χ0v) is 13.1. The molecule has 2 atom stereocenters. The molecule has 5 heteroatoms. The number of ether oxygens (including phenoxy) is 2. The van der Waals surface area contributed by atoms with Crippen LogP contribution < -0.4 is 0 Å². The third-order valence-corrected chi connectivity index (χ3v) is 2.97. The monoisotopic (exact) mass is 332 g/mol. The van der Waals surface area contributed by atoms with E-state index in [4.69, 9.17) is 4.74 Å². The molecule has 2 heterocycles. The lowest BCUT2D eigenvalue weighted by Gasteiger charge is -2.10. The Labute approximate surface area is 123 Å². The number of halogens is 1. The summed E-state index contributed by atoms with van der Waals surface area (Å²) in [5.41, 5.74) is -0.403. The second-order valence-corrected chi connectivity index (χ2v) is 5.17. The van der Waals surface area contributed by atoms with E-state index in [0.717, 1.165) is 12.8 Å². The van der Waals surface area contributed by atoms with Crippen molar-refractivity contribution in [2.24, 2.45) is 11.3 Å². The average Bonchev–Trinajstić information content (AvgIpc) is 2.90. The van der Waals surface area contributed by atoms with Gasteiger partial charge in [0.2, 0.25) is 0 Å². The molecular weight excluding hydrogens is 312 g/mol. The van der Waals surface area contributed by atoms with Crippen molar-refractivity contribution in [3.05, 3.63) is 24.2 Å². The molecule has 0 spiro atoms. The molecule has 0 aliphatic carbocycles. The number of rotatable bonds is 1. The van der Waals surface area contributed by atoms with Gasteiger partial charge in [-0.15, -0.1) is 6.58 Å². The van der Waals surface area contributed by atoms with Gasteiger partial charge in [0.05, 0.1) is 24.5 Å². The Balaban J connectivity index is 0.000000289. The van der Waals surface area contributed by atoms with Crippen LogP contribution in [-0.4, -0.2) is 25.2 Å². The molecule has 2 aliphatic rings. The highest BCUT2D eigenvalue weighted by Gasteiger charge is 2.36. The molecule has 0 N–H and O–H groups in total. The minimum atomic E-state index is -0.403. The molecule has 0 aromatic carbocycles. The summed E-state index contributed by atoms with van der Waals surface area (Å²) in [6.07, 6.45) is 3.33. The van der Waals surface area contributed by atoms with Crippen LogP contribution in [0.2, 0.25) is 0 Å². The summed E-state index contributed by atoms with van der Waals surface area (Å²) >= 11 is 2.91. The van der Waals surface area contributed by atoms with Gasteiger partial charge in [-0.05, 0) is 18.3 Å². The van der Waals surface area contributed by atoms with Crippen LogP contribution >= 0.6 is 15.9 Å². The lowest BCUT2D eigenvalue weighted by molar-refractivity contribution is -0.143. The number of carbonyl (C=O) groups excluding carboxylic acids is 2. The van der Waals surface area contributed by atoms with Gasteiger partial charge in [-0.3, -0.25) is 9.59 Å². The van der Waals surface area contributed by atoms with Crippen LogP contribution in [0.4, 0.5) is 0 Å². The molecule has 2 unspecified atom stereocenters. The van der Waals surface area contributed by atoms with Crippen LogP contribution in [0.5, 0.6) is 0 Å². The van der Waals surface area contributed by atoms with E-state index in [-0.39, 0.29) is 17.9 Å². The second-order valence-electron chi connectivity index (χ2n) is 4.52. The molecule has 2 fully saturated rings. The standard InChI is InChI=1S/C7H10O2.C5H8O2.C2H3Br/c1-3-7(2)4-5-9-6(7)8;1-4-2-3-7-5(4)6;1-2-3/h3H,1,4-5H2,2H3;4H,2-3H2,1H3;2H,1H2. The molecule has 4 nitrogen and oxygen atoms in total. The van der Waals surface area contributed by atoms with Crippen LogP contribution in [0.1, 0.15) is 26.7 Å². The van der Waals surface area contributed by atoms with Gasteiger partial charge in [-0.1, -0.05) is 35.5 Å². The average molecular weight is 333 g/mol. The number of cyclic esters (lactones) is 2. The van der Waals surface area contributed by atoms with Crippen LogP contribution in [0, 0.1) is 11.3 Å². The molecule has 0 aromatic heterocycles. The molecule has 0 bridgehead atoms. The van der Waals surface area contributed by atoms with Crippen molar-refractivity contribution >= 4 is 27.9 Å². The molecule has 19 heavy (non-hydrogen) atoms. The lowest BCUT2D eigenvalue weighted by Crippen LogP contribution is -2.18. The first kappa shape index (κ1) is 17.9. The van der Waals surface area contributed by atoms with Crippen molar-refractivity contribution in [2.75, 3.05) is 13.2 Å². The minimum Gasteiger partial charge on any atom is -0.465 e. The van der Waals surface area contributed by atoms with E-state index >= 15 is 0 Å². The normalized spacial score (nSPS) is 28.1. The van der Waals surface area contributed by atoms with Crippen molar-refractivity contribution in [3.8, 4) is 0 Å². The van der Waals surface area contributed by atoms with Gasteiger partial charge in [0.25, 0.3) is 0 Å². The van der Waals surface area contributed by atoms with E-state index in [1.807, 2.05) is 13.8 Å². The first-order valence-corrected chi connectivity index (χ1v) is 7.01. The third kappa shape index (κ3) is 6.05. The Morgan fingerprint density at radius 3 is 2.05 bits per heavy atom. The molecule has 2 aliphatic heterocycles. The first-order chi connectivity index (χ1) is 8.91. The number of esters is 2. The Bertz CT molecular complexity index is 340. The Morgan fingerprint density at radius 2 is 1.89 bits per heavy atom. The summed E-state index contributed by atoms with van der Waals surface area (Å²) in [7, 11) is 0. The van der Waals surface area contributed by atoms with Gasteiger partial charge in [0.1, 0.15) is 0 Å². The highest BCUT2D eigenvalue weighted by Crippen LogP contribution is 2.29. The van der Waals surface area contributed by atoms with E-state index < -0.39 is 5.41 Å². The quantitative estimate of drug-likeness (QED) is 0.546. The zero-order valence-electron chi connectivity index (χ0n) is 11.5. The van der Waals surface area contributed by atoms with Gasteiger partial charge >= 0.3 is 11.9 Å². The maximum absolute atomic E-state index is 10.8. The van der Waals surface area contributed by atoms with Gasteiger partial charge < -0.3 is 9.47 Å². The van der Waals surface area contributed by atoms with Crippen molar-refractivity contribution in [1.82, 2.24) is 0 Å². The lowest BCUT2D eigenvalue weighted by atomic mass is 9.90. The molecule has 108 valence electrons. The fourth-order valence-corrected chi connectivity index (χ4v) is 1.40. The van der Waals surface area contributed by atoms with E-state index in [2.05, 4.69) is 33.8 Å². The smallest absolute Gasteiger partial charge is 0.315 e. The topological polar surface area (TPSA) is 52.6 Å². The SMILES string of the molecule is C=CBr.C=CC1(C)CCOC1=O.CC1CCOC1=O. The molecular formula is C14H21BrO4. The molecule has 2 saturated heterocycles. The van der Waals surface area contributed by atoms with Gasteiger partial charge in [0.15, 0.2) is 0 Å². The Morgan fingerprint density at radius 1 is 1.32 bits per heavy atom. The fraction of sp³-hybridized carbons (Fsp3) is 0.571. The maximum atomic E-state index is 10.8. The molecule has 0 aromatic rings. The van der Waals surface area contributed by atoms with Crippen LogP contribution in [0.25, 0.3) is 0 Å². The highest BCUT2D eigenvalue weighted by atomic mass is 79.9. The summed E-state index contributed by atoms with van der Waals surface area (Å²) in [6, 6.07) is 0. The maximum Gasteiger partial charge on any atom is 0.315 e. The fourth-order valence-electron chi connectivity index (χ4n) is 1.40. The van der Waals surface area contributed by atoms with Crippen LogP contribution in [0.3, 0.4) is 0 Å². The van der Waals surface area contributed by atoms with Crippen molar-refractivity contribution in [2.45, 2.75) is 26.7 Å². The number of hydrogen-bond donors (Lipinski definition) is 0. The van der Waals surface area contributed by atoms with Crippen molar-refractivity contribution in [1.29, 1.82) is 0 Å². The molecule has 0 amide bonds. The first-order valence-electron chi connectivity index (χ1n) is 6.10. The van der Waals surface area contributed by atoms with E-state index in [1.54, 1.807) is 11.1 Å². The predicted octanol–water partition coefficient (Wildman–Crippen LogP) is 3.22. The van der Waals surface area contributed by atoms with Gasteiger partial charge in [-0.25, -0.2) is 0 Å². The Kier molecular flexibility index (Phi) is 8.39. The summed E-state index contributed by atoms with van der Waals surface area (Å²) in [5.74, 6) is -0.0301. The summed E-state index contributed by atoms with van der Waals surface area (Å²) in [5, 5.41) is 0. The van der Waals surface area contributed by atoms with Crippen LogP contribution in [0.15, 0.2) is 24.2 Å². The molecule has 2 rings (SSSR count). The van der Waals surface area contributed by atoms with E-state index in [0.29, 0.717) is 13.2 Å². The Hall–Kier alpha value is -1.10. The molecule has 0 radical (unpaired) electrons. The van der Waals surface area contributed by atoms with Crippen molar-refractivity contribution in [3.63, 3.8) is 0 Å². The van der Waals surface area contributed by atoms with Crippen molar-refractivity contribution < 1.29 is 19.1 Å². The van der Waals surface area contributed by atoms with E-state index in [9.17, 15) is 9.59 Å². The second kappa shape index (κ2) is 8.91. The predicted molar refractivity (Wildman–Crippen MR) is 77.7 cm³/mol. The molecule has 0 saturated carbocycles. The summed E-state index contributed by atoms with van der Waals surface area (Å²) < 4.78 is 9.38. The van der Waals surface area contributed by atoms with E-state index in [1.165, 1.54) is 0 Å². The highest BCUT2D eigenvalue weighted by molar-refractivity contribution is 9.11. The van der Waals surface area contributed by atoms with Gasteiger partial charge in [0, 0.05) is 6.42 Å². The van der Waals surface area contributed by atoms with Gasteiger partial charge in [-0.2, -0.15) is 0 Å². The minimum absolute atomic E-state index is 0.0417.